The Morgan fingerprint density at radius 2 is 1.84 bits per heavy atom. The van der Waals surface area contributed by atoms with E-state index in [1.807, 2.05) is 44.2 Å². The van der Waals surface area contributed by atoms with Crippen LogP contribution < -0.4 is 10.3 Å². The molecule has 0 fully saturated rings. The largest absolute Gasteiger partial charge is 0.422 e. The Morgan fingerprint density at radius 3 is 2.65 bits per heavy atom. The summed E-state index contributed by atoms with van der Waals surface area (Å²) in [6.07, 6.45) is 2.05. The number of fused-ring (bicyclic) bond motifs is 1. The second kappa shape index (κ2) is 8.75. The Hall–Kier alpha value is -4.06. The van der Waals surface area contributed by atoms with Crippen molar-refractivity contribution in [3.63, 3.8) is 0 Å². The van der Waals surface area contributed by atoms with E-state index in [0.717, 1.165) is 5.56 Å². The summed E-state index contributed by atoms with van der Waals surface area (Å²) in [6, 6.07) is 21.4. The first-order chi connectivity index (χ1) is 15.1. The molecule has 0 saturated carbocycles. The molecule has 0 aliphatic carbocycles. The van der Waals surface area contributed by atoms with Gasteiger partial charge in [0.2, 0.25) is 0 Å². The van der Waals surface area contributed by atoms with Crippen LogP contribution >= 0.6 is 0 Å². The monoisotopic (exact) mass is 411 g/mol. The first kappa shape index (κ1) is 20.2. The van der Waals surface area contributed by atoms with Crippen LogP contribution in [-0.2, 0) is 6.42 Å². The van der Waals surface area contributed by atoms with Crippen LogP contribution in [0.3, 0.4) is 0 Å². The van der Waals surface area contributed by atoms with Crippen LogP contribution in [0.4, 0.5) is 0 Å². The van der Waals surface area contributed by atoms with E-state index in [1.165, 1.54) is 10.9 Å². The van der Waals surface area contributed by atoms with Crippen molar-refractivity contribution in [2.24, 2.45) is 5.10 Å². The van der Waals surface area contributed by atoms with Gasteiger partial charge in [0.25, 0.3) is 5.56 Å². The second-order valence-electron chi connectivity index (χ2n) is 7.06. The van der Waals surface area contributed by atoms with Crippen molar-refractivity contribution < 1.29 is 9.53 Å². The summed E-state index contributed by atoms with van der Waals surface area (Å²) in [6.45, 7) is 3.83. The highest BCUT2D eigenvalue weighted by molar-refractivity contribution is 5.93. The highest BCUT2D eigenvalue weighted by Crippen LogP contribution is 2.18. The molecule has 6 heteroatoms. The molecule has 0 atom stereocenters. The summed E-state index contributed by atoms with van der Waals surface area (Å²) < 4.78 is 6.89. The molecule has 154 valence electrons. The number of carbonyl (C=O) groups excluding carboxylic acids is 1. The quantitative estimate of drug-likeness (QED) is 0.278. The normalized spacial score (nSPS) is 11.2. The zero-order valence-corrected chi connectivity index (χ0v) is 17.3. The minimum Gasteiger partial charge on any atom is -0.422 e. The van der Waals surface area contributed by atoms with Gasteiger partial charge in [-0.05, 0) is 43.3 Å². The Labute approximate surface area is 179 Å². The van der Waals surface area contributed by atoms with Crippen LogP contribution in [0.15, 0.2) is 82.7 Å². The van der Waals surface area contributed by atoms with Crippen LogP contribution in [0.5, 0.6) is 5.75 Å². The summed E-state index contributed by atoms with van der Waals surface area (Å²) in [5.74, 6) is 0.454. The van der Waals surface area contributed by atoms with Gasteiger partial charge in [0, 0.05) is 12.0 Å². The van der Waals surface area contributed by atoms with Crippen molar-refractivity contribution in [3.05, 3.63) is 106 Å². The number of hydrogen-bond acceptors (Lipinski definition) is 5. The van der Waals surface area contributed by atoms with Crippen LogP contribution in [0.1, 0.15) is 34.2 Å². The first-order valence-electron chi connectivity index (χ1n) is 9.99. The molecule has 0 aliphatic rings. The van der Waals surface area contributed by atoms with Gasteiger partial charge in [-0.1, -0.05) is 48.9 Å². The van der Waals surface area contributed by atoms with Gasteiger partial charge in [0.1, 0.15) is 11.6 Å². The molecule has 1 heterocycles. The fourth-order valence-electron chi connectivity index (χ4n) is 3.25. The van der Waals surface area contributed by atoms with Crippen LogP contribution in [0.2, 0.25) is 0 Å². The molecule has 0 spiro atoms. The van der Waals surface area contributed by atoms with E-state index in [0.29, 0.717) is 40.0 Å². The number of aromatic nitrogens is 2. The van der Waals surface area contributed by atoms with Gasteiger partial charge in [0.15, 0.2) is 0 Å². The molecule has 3 aromatic carbocycles. The molecule has 31 heavy (non-hydrogen) atoms. The molecule has 0 bridgehead atoms. The molecule has 6 nitrogen and oxygen atoms in total. The molecule has 1 aromatic heterocycles. The van der Waals surface area contributed by atoms with E-state index in [9.17, 15) is 9.59 Å². The SMILES string of the molecule is CCc1nc2ccccc2c(=O)n1N=Cc1ccccc1OC(=O)c1cccc(C)c1. The number of esters is 1. The summed E-state index contributed by atoms with van der Waals surface area (Å²) in [7, 11) is 0. The molecule has 0 unspecified atom stereocenters. The average molecular weight is 411 g/mol. The topological polar surface area (TPSA) is 73.6 Å². The number of benzene rings is 3. The standard InChI is InChI=1S/C25H21N3O3/c1-3-23-27-21-13-6-5-12-20(21)24(29)28(23)26-16-19-10-4-7-14-22(19)31-25(30)18-11-8-9-17(2)15-18/h4-16H,3H2,1-2H3. The van der Waals surface area contributed by atoms with E-state index in [-0.39, 0.29) is 5.56 Å². The van der Waals surface area contributed by atoms with E-state index >= 15 is 0 Å². The average Bonchev–Trinajstić information content (AvgIpc) is 2.79. The fraction of sp³-hybridized carbons (Fsp3) is 0.120. The predicted molar refractivity (Wildman–Crippen MR) is 121 cm³/mol. The minimum absolute atomic E-state index is 0.243. The van der Waals surface area contributed by atoms with E-state index < -0.39 is 5.97 Å². The third kappa shape index (κ3) is 4.28. The van der Waals surface area contributed by atoms with Crippen molar-refractivity contribution in [1.29, 1.82) is 0 Å². The number of ether oxygens (including phenoxy) is 1. The third-order valence-corrected chi connectivity index (χ3v) is 4.82. The van der Waals surface area contributed by atoms with Gasteiger partial charge < -0.3 is 4.74 Å². The van der Waals surface area contributed by atoms with Crippen molar-refractivity contribution in [1.82, 2.24) is 9.66 Å². The number of para-hydroxylation sites is 2. The molecule has 4 aromatic rings. The van der Waals surface area contributed by atoms with Crippen LogP contribution in [0, 0.1) is 6.92 Å². The molecule has 0 radical (unpaired) electrons. The summed E-state index contributed by atoms with van der Waals surface area (Å²) >= 11 is 0. The smallest absolute Gasteiger partial charge is 0.343 e. The Bertz CT molecular complexity index is 1360. The zero-order chi connectivity index (χ0) is 21.8. The number of aryl methyl sites for hydroxylation is 2. The van der Waals surface area contributed by atoms with E-state index in [4.69, 9.17) is 4.74 Å². The zero-order valence-electron chi connectivity index (χ0n) is 17.3. The van der Waals surface area contributed by atoms with Gasteiger partial charge >= 0.3 is 5.97 Å². The van der Waals surface area contributed by atoms with Crippen LogP contribution in [0.25, 0.3) is 10.9 Å². The Kier molecular flexibility index (Phi) is 5.71. The van der Waals surface area contributed by atoms with Gasteiger partial charge in [-0.2, -0.15) is 9.78 Å². The van der Waals surface area contributed by atoms with Gasteiger partial charge in [0.05, 0.1) is 22.7 Å². The number of carbonyl (C=O) groups is 1. The second-order valence-corrected chi connectivity index (χ2v) is 7.06. The summed E-state index contributed by atoms with van der Waals surface area (Å²) in [5.41, 5.74) is 2.41. The molecule has 0 saturated heterocycles. The maximum atomic E-state index is 12.9. The molecule has 4 rings (SSSR count). The molecule has 0 aliphatic heterocycles. The van der Waals surface area contributed by atoms with Crippen molar-refractivity contribution in [2.45, 2.75) is 20.3 Å². The van der Waals surface area contributed by atoms with E-state index in [1.54, 1.807) is 42.5 Å². The van der Waals surface area contributed by atoms with Gasteiger partial charge in [-0.25, -0.2) is 9.78 Å². The lowest BCUT2D eigenvalue weighted by atomic mass is 10.1. The number of hydrogen-bond donors (Lipinski definition) is 0. The van der Waals surface area contributed by atoms with Crippen molar-refractivity contribution in [3.8, 4) is 5.75 Å². The molecule has 0 amide bonds. The predicted octanol–water partition coefficient (Wildman–Crippen LogP) is 4.37. The van der Waals surface area contributed by atoms with Gasteiger partial charge in [-0.15, -0.1) is 0 Å². The third-order valence-electron chi connectivity index (χ3n) is 4.82. The Morgan fingerprint density at radius 1 is 1.06 bits per heavy atom. The summed E-state index contributed by atoms with van der Waals surface area (Å²) in [5, 5.41) is 4.87. The fourth-order valence-corrected chi connectivity index (χ4v) is 3.25. The first-order valence-corrected chi connectivity index (χ1v) is 9.99. The van der Waals surface area contributed by atoms with Crippen molar-refractivity contribution in [2.75, 3.05) is 0 Å². The number of nitrogens with zero attached hydrogens (tertiary/aromatic N) is 3. The Balaban J connectivity index is 1.69. The molecular formula is C25H21N3O3. The maximum Gasteiger partial charge on any atom is 0.343 e. The number of rotatable bonds is 5. The highest BCUT2D eigenvalue weighted by Gasteiger charge is 2.12. The maximum absolute atomic E-state index is 12.9. The molecule has 0 N–H and O–H groups in total. The van der Waals surface area contributed by atoms with Crippen molar-refractivity contribution >= 4 is 23.1 Å². The van der Waals surface area contributed by atoms with Gasteiger partial charge in [-0.3, -0.25) is 4.79 Å². The lowest BCUT2D eigenvalue weighted by molar-refractivity contribution is 0.0734. The minimum atomic E-state index is -0.455. The lowest BCUT2D eigenvalue weighted by Crippen LogP contribution is -2.22. The molecular weight excluding hydrogens is 390 g/mol. The summed E-state index contributed by atoms with van der Waals surface area (Å²) in [4.78, 5) is 30.0. The van der Waals surface area contributed by atoms with Crippen LogP contribution in [-0.4, -0.2) is 21.8 Å². The van der Waals surface area contributed by atoms with E-state index in [2.05, 4.69) is 10.1 Å². The lowest BCUT2D eigenvalue weighted by Gasteiger charge is -2.09. The highest BCUT2D eigenvalue weighted by atomic mass is 16.5.